The van der Waals surface area contributed by atoms with Crippen molar-refractivity contribution in [2.45, 2.75) is 30.0 Å². The van der Waals surface area contributed by atoms with Crippen molar-refractivity contribution in [2.75, 3.05) is 14.2 Å². The first-order valence-electron chi connectivity index (χ1n) is 7.79. The fourth-order valence-corrected chi connectivity index (χ4v) is 3.21. The summed E-state index contributed by atoms with van der Waals surface area (Å²) in [6, 6.07) is 15.6. The summed E-state index contributed by atoms with van der Waals surface area (Å²) in [7, 11) is 3.20. The molecule has 0 heterocycles. The second-order valence-electron chi connectivity index (χ2n) is 5.42. The van der Waals surface area contributed by atoms with Gasteiger partial charge in [0.15, 0.2) is 11.5 Å². The van der Waals surface area contributed by atoms with Crippen LogP contribution in [0.4, 0.5) is 0 Å². The zero-order valence-corrected chi connectivity index (χ0v) is 15.2. The second-order valence-corrected chi connectivity index (χ2v) is 6.83. The smallest absolute Gasteiger partial charge is 0.233 e. The van der Waals surface area contributed by atoms with E-state index in [9.17, 15) is 4.79 Å². The lowest BCUT2D eigenvalue weighted by atomic mass is 10.1. The summed E-state index contributed by atoms with van der Waals surface area (Å²) in [6.45, 7) is 3.88. The van der Waals surface area contributed by atoms with Gasteiger partial charge >= 0.3 is 0 Å². The van der Waals surface area contributed by atoms with Crippen LogP contribution in [0.5, 0.6) is 11.5 Å². The quantitative estimate of drug-likeness (QED) is 0.769. The first-order valence-corrected chi connectivity index (χ1v) is 8.67. The molecule has 0 unspecified atom stereocenters. The van der Waals surface area contributed by atoms with Gasteiger partial charge in [0.25, 0.3) is 0 Å². The van der Waals surface area contributed by atoms with Crippen LogP contribution in [0.25, 0.3) is 0 Å². The van der Waals surface area contributed by atoms with Crippen LogP contribution < -0.4 is 14.8 Å². The van der Waals surface area contributed by atoms with E-state index in [1.807, 2.05) is 62.4 Å². The third kappa shape index (κ3) is 4.68. The van der Waals surface area contributed by atoms with E-state index in [-0.39, 0.29) is 17.2 Å². The molecule has 0 saturated carbocycles. The van der Waals surface area contributed by atoms with E-state index >= 15 is 0 Å². The number of benzene rings is 2. The Balaban J connectivity index is 1.99. The standard InChI is InChI=1S/C19H23NO3S/c1-13(15-8-6-5-7-9-15)20-19(21)14(2)24-16-10-11-17(22-3)18(12-16)23-4/h5-14H,1-4H3,(H,20,21)/t13-,14-/m1/s1. The molecule has 2 atom stereocenters. The minimum atomic E-state index is -0.214. The number of hydrogen-bond acceptors (Lipinski definition) is 4. The van der Waals surface area contributed by atoms with Gasteiger partial charge in [0.1, 0.15) is 0 Å². The predicted octanol–water partition coefficient (Wildman–Crippen LogP) is 4.06. The Morgan fingerprint density at radius 2 is 1.67 bits per heavy atom. The fourth-order valence-electron chi connectivity index (χ4n) is 2.30. The van der Waals surface area contributed by atoms with Crippen molar-refractivity contribution in [1.29, 1.82) is 0 Å². The van der Waals surface area contributed by atoms with Crippen LogP contribution in [-0.4, -0.2) is 25.4 Å². The zero-order valence-electron chi connectivity index (χ0n) is 14.4. The van der Waals surface area contributed by atoms with Crippen molar-refractivity contribution < 1.29 is 14.3 Å². The average molecular weight is 345 g/mol. The SMILES string of the molecule is COc1ccc(S[C@H](C)C(=O)N[C@H](C)c2ccccc2)cc1OC. The van der Waals surface area contributed by atoms with Gasteiger partial charge in [-0.05, 0) is 37.6 Å². The topological polar surface area (TPSA) is 47.6 Å². The molecule has 1 N–H and O–H groups in total. The average Bonchev–Trinajstić information content (AvgIpc) is 2.62. The molecule has 0 bridgehead atoms. The molecule has 0 radical (unpaired) electrons. The van der Waals surface area contributed by atoms with Gasteiger partial charge in [-0.2, -0.15) is 0 Å². The van der Waals surface area contributed by atoms with Crippen LogP contribution >= 0.6 is 11.8 Å². The molecule has 0 aliphatic carbocycles. The van der Waals surface area contributed by atoms with E-state index in [0.29, 0.717) is 11.5 Å². The van der Waals surface area contributed by atoms with E-state index in [1.54, 1.807) is 14.2 Å². The zero-order chi connectivity index (χ0) is 17.5. The van der Waals surface area contributed by atoms with Gasteiger partial charge in [-0.3, -0.25) is 4.79 Å². The second kappa shape index (κ2) is 8.64. The molecule has 128 valence electrons. The summed E-state index contributed by atoms with van der Waals surface area (Å²) < 4.78 is 10.5. The van der Waals surface area contributed by atoms with Crippen LogP contribution in [0.15, 0.2) is 53.4 Å². The summed E-state index contributed by atoms with van der Waals surface area (Å²) >= 11 is 1.49. The minimum absolute atomic E-state index is 0.00568. The maximum absolute atomic E-state index is 12.4. The number of hydrogen-bond donors (Lipinski definition) is 1. The maximum Gasteiger partial charge on any atom is 0.233 e. The van der Waals surface area contributed by atoms with Crippen LogP contribution in [0.1, 0.15) is 25.5 Å². The van der Waals surface area contributed by atoms with E-state index < -0.39 is 0 Å². The predicted molar refractivity (Wildman–Crippen MR) is 97.9 cm³/mol. The van der Waals surface area contributed by atoms with E-state index in [0.717, 1.165) is 10.5 Å². The summed E-state index contributed by atoms with van der Waals surface area (Å²) in [6.07, 6.45) is 0. The highest BCUT2D eigenvalue weighted by molar-refractivity contribution is 8.00. The Morgan fingerprint density at radius 1 is 1.00 bits per heavy atom. The number of thioether (sulfide) groups is 1. The molecule has 0 aromatic heterocycles. The maximum atomic E-state index is 12.4. The lowest BCUT2D eigenvalue weighted by Crippen LogP contribution is -2.33. The minimum Gasteiger partial charge on any atom is -0.493 e. The van der Waals surface area contributed by atoms with Crippen molar-refractivity contribution in [2.24, 2.45) is 0 Å². The van der Waals surface area contributed by atoms with E-state index in [1.165, 1.54) is 11.8 Å². The Hall–Kier alpha value is -2.14. The first kappa shape index (κ1) is 18.2. The molecule has 0 aliphatic heterocycles. The van der Waals surface area contributed by atoms with Gasteiger partial charge in [-0.1, -0.05) is 30.3 Å². The van der Waals surface area contributed by atoms with Crippen molar-refractivity contribution in [3.63, 3.8) is 0 Å². The fraction of sp³-hybridized carbons (Fsp3) is 0.316. The number of nitrogens with one attached hydrogen (secondary N) is 1. The van der Waals surface area contributed by atoms with Gasteiger partial charge in [0.2, 0.25) is 5.91 Å². The van der Waals surface area contributed by atoms with Crippen molar-refractivity contribution in [3.05, 3.63) is 54.1 Å². The highest BCUT2D eigenvalue weighted by Crippen LogP contribution is 2.33. The van der Waals surface area contributed by atoms with Crippen molar-refractivity contribution in [3.8, 4) is 11.5 Å². The molecule has 2 aromatic rings. The van der Waals surface area contributed by atoms with E-state index in [2.05, 4.69) is 5.32 Å². The Labute approximate surface area is 147 Å². The molecular formula is C19H23NO3S. The molecule has 0 fully saturated rings. The number of methoxy groups -OCH3 is 2. The highest BCUT2D eigenvalue weighted by Gasteiger charge is 2.18. The van der Waals surface area contributed by atoms with Crippen molar-refractivity contribution in [1.82, 2.24) is 5.32 Å². The molecule has 5 heteroatoms. The molecule has 0 spiro atoms. The monoisotopic (exact) mass is 345 g/mol. The summed E-state index contributed by atoms with van der Waals surface area (Å²) in [5.74, 6) is 1.34. The summed E-state index contributed by atoms with van der Waals surface area (Å²) in [4.78, 5) is 13.4. The highest BCUT2D eigenvalue weighted by atomic mass is 32.2. The number of amides is 1. The summed E-state index contributed by atoms with van der Waals surface area (Å²) in [5, 5.41) is 2.84. The summed E-state index contributed by atoms with van der Waals surface area (Å²) in [5.41, 5.74) is 1.09. The van der Waals surface area contributed by atoms with Crippen molar-refractivity contribution >= 4 is 17.7 Å². The Morgan fingerprint density at radius 3 is 2.29 bits per heavy atom. The van der Waals surface area contributed by atoms with Gasteiger partial charge in [0, 0.05) is 4.90 Å². The number of rotatable bonds is 7. The van der Waals surface area contributed by atoms with Crippen LogP contribution in [0.2, 0.25) is 0 Å². The van der Waals surface area contributed by atoms with E-state index in [4.69, 9.17) is 9.47 Å². The molecule has 4 nitrogen and oxygen atoms in total. The Kier molecular flexibility index (Phi) is 6.55. The third-order valence-corrected chi connectivity index (χ3v) is 4.79. The van der Waals surface area contributed by atoms with Crippen LogP contribution in [0.3, 0.4) is 0 Å². The largest absolute Gasteiger partial charge is 0.493 e. The third-order valence-electron chi connectivity index (χ3n) is 3.70. The van der Waals surface area contributed by atoms with Gasteiger partial charge in [-0.25, -0.2) is 0 Å². The number of carbonyl (C=O) groups is 1. The number of ether oxygens (including phenoxy) is 2. The first-order chi connectivity index (χ1) is 11.5. The molecule has 2 rings (SSSR count). The molecular weight excluding hydrogens is 322 g/mol. The molecule has 24 heavy (non-hydrogen) atoms. The van der Waals surface area contributed by atoms with Crippen LogP contribution in [-0.2, 0) is 4.79 Å². The molecule has 0 saturated heterocycles. The van der Waals surface area contributed by atoms with Gasteiger partial charge in [-0.15, -0.1) is 11.8 Å². The normalized spacial score (nSPS) is 13.0. The molecule has 1 amide bonds. The molecule has 0 aliphatic rings. The van der Waals surface area contributed by atoms with Gasteiger partial charge in [0.05, 0.1) is 25.5 Å². The van der Waals surface area contributed by atoms with Crippen LogP contribution in [0, 0.1) is 0 Å². The lowest BCUT2D eigenvalue weighted by Gasteiger charge is -2.18. The Bertz CT molecular complexity index is 676. The lowest BCUT2D eigenvalue weighted by molar-refractivity contribution is -0.120. The van der Waals surface area contributed by atoms with Gasteiger partial charge < -0.3 is 14.8 Å². The molecule has 2 aromatic carbocycles. The number of carbonyl (C=O) groups excluding carboxylic acids is 1.